The lowest BCUT2D eigenvalue weighted by Gasteiger charge is -2.21. The Morgan fingerprint density at radius 3 is 1.81 bits per heavy atom. The fourth-order valence-electron chi connectivity index (χ4n) is 3.59. The van der Waals surface area contributed by atoms with Crippen molar-refractivity contribution < 1.29 is 0 Å². The first-order valence-electron chi connectivity index (χ1n) is 11.6. The van der Waals surface area contributed by atoms with E-state index in [1.807, 2.05) is 48.5 Å². The number of rotatable bonds is 13. The molecule has 5 nitrogen and oxygen atoms in total. The molecule has 0 radical (unpaired) electrons. The summed E-state index contributed by atoms with van der Waals surface area (Å²) in [6.45, 7) is 8.85. The average molecular weight is 418 g/mol. The Kier molecular flexibility index (Phi) is 9.45. The quantitative estimate of drug-likeness (QED) is 0.350. The van der Waals surface area contributed by atoms with Crippen molar-refractivity contribution in [2.45, 2.75) is 46.0 Å². The number of nitrogens with one attached hydrogen (secondary N) is 1. The number of nitrogens with zero attached hydrogens (tertiary/aromatic N) is 4. The number of hydrogen-bond acceptors (Lipinski definition) is 5. The second-order valence-electron chi connectivity index (χ2n) is 7.89. The second-order valence-corrected chi connectivity index (χ2v) is 7.89. The Morgan fingerprint density at radius 1 is 0.677 bits per heavy atom. The predicted octanol–water partition coefficient (Wildman–Crippen LogP) is 5.91. The molecule has 0 spiro atoms. The minimum Gasteiger partial charge on any atom is -0.353 e. The van der Waals surface area contributed by atoms with Crippen molar-refractivity contribution >= 4 is 5.95 Å². The van der Waals surface area contributed by atoms with Gasteiger partial charge in [-0.3, -0.25) is 0 Å². The minimum atomic E-state index is 0.590. The van der Waals surface area contributed by atoms with Crippen LogP contribution in [0.3, 0.4) is 0 Å². The third-order valence-corrected chi connectivity index (χ3v) is 5.37. The van der Waals surface area contributed by atoms with E-state index in [1.165, 1.54) is 38.8 Å². The molecular formula is C26H35N5. The molecule has 0 aliphatic carbocycles. The van der Waals surface area contributed by atoms with E-state index >= 15 is 0 Å². The minimum absolute atomic E-state index is 0.590. The molecule has 0 unspecified atom stereocenters. The molecule has 0 saturated heterocycles. The van der Waals surface area contributed by atoms with Crippen molar-refractivity contribution in [2.75, 3.05) is 31.5 Å². The van der Waals surface area contributed by atoms with Crippen LogP contribution in [0.4, 0.5) is 5.95 Å². The Bertz CT molecular complexity index is 875. The first kappa shape index (κ1) is 22.9. The van der Waals surface area contributed by atoms with Crippen LogP contribution in [0.2, 0.25) is 0 Å². The van der Waals surface area contributed by atoms with Crippen molar-refractivity contribution in [3.05, 3.63) is 60.7 Å². The molecule has 31 heavy (non-hydrogen) atoms. The first-order valence-corrected chi connectivity index (χ1v) is 11.6. The lowest BCUT2D eigenvalue weighted by molar-refractivity contribution is 0.264. The molecule has 1 heterocycles. The molecule has 0 saturated carbocycles. The maximum Gasteiger partial charge on any atom is 0.243 e. The fourth-order valence-corrected chi connectivity index (χ4v) is 3.59. The highest BCUT2D eigenvalue weighted by Gasteiger charge is 2.13. The fraction of sp³-hybridized carbons (Fsp3) is 0.423. The molecule has 3 aromatic rings. The van der Waals surface area contributed by atoms with E-state index < -0.39 is 0 Å². The highest BCUT2D eigenvalue weighted by molar-refractivity contribution is 5.77. The average Bonchev–Trinajstić information content (AvgIpc) is 2.84. The van der Waals surface area contributed by atoms with Gasteiger partial charge in [-0.15, -0.1) is 10.2 Å². The lowest BCUT2D eigenvalue weighted by atomic mass is 10.0. The Hall–Kier alpha value is -2.79. The molecule has 1 aromatic heterocycles. The van der Waals surface area contributed by atoms with Crippen LogP contribution in [0.1, 0.15) is 46.0 Å². The molecule has 2 aromatic carbocycles. The number of unbranched alkanes of at least 4 members (excludes halogenated alkanes) is 2. The van der Waals surface area contributed by atoms with E-state index in [0.717, 1.165) is 42.0 Å². The van der Waals surface area contributed by atoms with Gasteiger partial charge in [0.25, 0.3) is 0 Å². The maximum atomic E-state index is 4.84. The molecule has 3 rings (SSSR count). The van der Waals surface area contributed by atoms with Gasteiger partial charge in [0.1, 0.15) is 11.4 Å². The third kappa shape index (κ3) is 7.14. The molecule has 0 bridgehead atoms. The van der Waals surface area contributed by atoms with Gasteiger partial charge in [-0.2, -0.15) is 0 Å². The topological polar surface area (TPSA) is 53.9 Å². The standard InChI is InChI=1S/C26H35N5/c1-3-5-19-31(20-6-4-2)21-13-18-27-26-28-24(22-14-9-7-10-15-22)25(29-30-26)23-16-11-8-12-17-23/h7-12,14-17H,3-6,13,18-21H2,1-2H3,(H,27,28,30). The summed E-state index contributed by atoms with van der Waals surface area (Å²) in [5.74, 6) is 0.590. The molecule has 0 atom stereocenters. The van der Waals surface area contributed by atoms with E-state index in [0.29, 0.717) is 5.95 Å². The molecular weight excluding hydrogens is 382 g/mol. The van der Waals surface area contributed by atoms with Gasteiger partial charge >= 0.3 is 0 Å². The highest BCUT2D eigenvalue weighted by atomic mass is 15.2. The van der Waals surface area contributed by atoms with E-state index in [1.54, 1.807) is 0 Å². The SMILES string of the molecule is CCCCN(CCCC)CCCNc1nnc(-c2ccccc2)c(-c2ccccc2)n1. The zero-order valence-electron chi connectivity index (χ0n) is 18.9. The van der Waals surface area contributed by atoms with Crippen LogP contribution < -0.4 is 5.32 Å². The Balaban J connectivity index is 1.67. The van der Waals surface area contributed by atoms with E-state index in [-0.39, 0.29) is 0 Å². The smallest absolute Gasteiger partial charge is 0.243 e. The van der Waals surface area contributed by atoms with Gasteiger partial charge in [-0.1, -0.05) is 87.4 Å². The summed E-state index contributed by atoms with van der Waals surface area (Å²) < 4.78 is 0. The zero-order valence-corrected chi connectivity index (χ0v) is 18.9. The van der Waals surface area contributed by atoms with Crippen LogP contribution in [-0.4, -0.2) is 46.3 Å². The van der Waals surface area contributed by atoms with Crippen LogP contribution in [0.15, 0.2) is 60.7 Å². The summed E-state index contributed by atoms with van der Waals surface area (Å²) in [4.78, 5) is 7.42. The lowest BCUT2D eigenvalue weighted by Crippen LogP contribution is -2.28. The summed E-state index contributed by atoms with van der Waals surface area (Å²) in [7, 11) is 0. The summed E-state index contributed by atoms with van der Waals surface area (Å²) in [6, 6.07) is 20.3. The largest absolute Gasteiger partial charge is 0.353 e. The Labute approximate surface area is 186 Å². The number of hydrogen-bond donors (Lipinski definition) is 1. The number of anilines is 1. The summed E-state index contributed by atoms with van der Waals surface area (Å²) in [5, 5.41) is 12.3. The van der Waals surface area contributed by atoms with Gasteiger partial charge in [-0.25, -0.2) is 4.98 Å². The van der Waals surface area contributed by atoms with Gasteiger partial charge < -0.3 is 10.2 Å². The van der Waals surface area contributed by atoms with Crippen molar-refractivity contribution in [1.82, 2.24) is 20.1 Å². The molecule has 0 fully saturated rings. The number of benzene rings is 2. The van der Waals surface area contributed by atoms with E-state index in [2.05, 4.69) is 46.4 Å². The molecule has 164 valence electrons. The third-order valence-electron chi connectivity index (χ3n) is 5.37. The summed E-state index contributed by atoms with van der Waals surface area (Å²) in [6.07, 6.45) is 6.10. The van der Waals surface area contributed by atoms with Crippen LogP contribution in [0.5, 0.6) is 0 Å². The van der Waals surface area contributed by atoms with Gasteiger partial charge in [0, 0.05) is 17.7 Å². The number of aromatic nitrogens is 3. The van der Waals surface area contributed by atoms with Crippen molar-refractivity contribution in [2.24, 2.45) is 0 Å². The summed E-state index contributed by atoms with van der Waals surface area (Å²) >= 11 is 0. The highest BCUT2D eigenvalue weighted by Crippen LogP contribution is 2.28. The normalized spacial score (nSPS) is 11.1. The molecule has 5 heteroatoms. The van der Waals surface area contributed by atoms with Gasteiger partial charge in [0.2, 0.25) is 5.95 Å². The van der Waals surface area contributed by atoms with Gasteiger partial charge in [-0.05, 0) is 38.9 Å². The monoisotopic (exact) mass is 417 g/mol. The van der Waals surface area contributed by atoms with Gasteiger partial charge in [0.05, 0.1) is 0 Å². The molecule has 1 N–H and O–H groups in total. The van der Waals surface area contributed by atoms with Crippen molar-refractivity contribution in [3.8, 4) is 22.5 Å². The second kappa shape index (κ2) is 12.8. The first-order chi connectivity index (χ1) is 15.3. The maximum absolute atomic E-state index is 4.84. The van der Waals surface area contributed by atoms with Crippen LogP contribution in [-0.2, 0) is 0 Å². The van der Waals surface area contributed by atoms with Crippen molar-refractivity contribution in [1.29, 1.82) is 0 Å². The Morgan fingerprint density at radius 2 is 1.23 bits per heavy atom. The zero-order chi connectivity index (χ0) is 21.7. The molecule has 0 aliphatic heterocycles. The van der Waals surface area contributed by atoms with E-state index in [4.69, 9.17) is 4.98 Å². The predicted molar refractivity (Wildman–Crippen MR) is 130 cm³/mol. The molecule has 0 aliphatic rings. The van der Waals surface area contributed by atoms with Crippen LogP contribution in [0.25, 0.3) is 22.5 Å². The van der Waals surface area contributed by atoms with Gasteiger partial charge in [0.15, 0.2) is 0 Å². The van der Waals surface area contributed by atoms with Crippen LogP contribution in [0, 0.1) is 0 Å². The molecule has 0 amide bonds. The van der Waals surface area contributed by atoms with Crippen LogP contribution >= 0.6 is 0 Å². The van der Waals surface area contributed by atoms with Crippen molar-refractivity contribution in [3.63, 3.8) is 0 Å². The summed E-state index contributed by atoms with van der Waals surface area (Å²) in [5.41, 5.74) is 3.74. The van der Waals surface area contributed by atoms with E-state index in [9.17, 15) is 0 Å².